The van der Waals surface area contributed by atoms with Crippen molar-refractivity contribution in [2.75, 3.05) is 14.2 Å². The highest BCUT2D eigenvalue weighted by Crippen LogP contribution is 2.33. The molecule has 0 spiro atoms. The highest BCUT2D eigenvalue weighted by Gasteiger charge is 2.17. The molecule has 0 saturated carbocycles. The number of hydrogen-bond acceptors (Lipinski definition) is 5. The lowest BCUT2D eigenvalue weighted by Gasteiger charge is -2.10. The number of ether oxygens (including phenoxy) is 3. The van der Waals surface area contributed by atoms with Gasteiger partial charge in [0.15, 0.2) is 5.78 Å². The van der Waals surface area contributed by atoms with Crippen molar-refractivity contribution in [3.8, 4) is 23.0 Å². The van der Waals surface area contributed by atoms with E-state index in [0.29, 0.717) is 5.75 Å². The fourth-order valence-corrected chi connectivity index (χ4v) is 2.29. The second kappa shape index (κ2) is 8.24. The van der Waals surface area contributed by atoms with Crippen molar-refractivity contribution in [2.24, 2.45) is 0 Å². The predicted octanol–water partition coefficient (Wildman–Crippen LogP) is 4.09. The smallest absolute Gasteiger partial charge is 0.193 e. The molecule has 0 radical (unpaired) electrons. The van der Waals surface area contributed by atoms with Crippen molar-refractivity contribution in [1.29, 1.82) is 0 Å². The van der Waals surface area contributed by atoms with E-state index in [9.17, 15) is 9.90 Å². The quantitative estimate of drug-likeness (QED) is 0.606. The third-order valence-electron chi connectivity index (χ3n) is 3.44. The van der Waals surface area contributed by atoms with Crippen LogP contribution in [0.3, 0.4) is 0 Å². The van der Waals surface area contributed by atoms with Gasteiger partial charge in [0.05, 0.1) is 20.3 Å². The van der Waals surface area contributed by atoms with Gasteiger partial charge in [0.2, 0.25) is 0 Å². The summed E-state index contributed by atoms with van der Waals surface area (Å²) in [5.41, 5.74) is 0.940. The minimum atomic E-state index is -0.362. The van der Waals surface area contributed by atoms with E-state index in [4.69, 9.17) is 14.2 Å². The van der Waals surface area contributed by atoms with Crippen LogP contribution in [-0.4, -0.2) is 31.2 Å². The first-order valence-corrected chi connectivity index (χ1v) is 7.88. The summed E-state index contributed by atoms with van der Waals surface area (Å²) >= 11 is 0. The Morgan fingerprint density at radius 2 is 1.72 bits per heavy atom. The van der Waals surface area contributed by atoms with Crippen LogP contribution in [-0.2, 0) is 0 Å². The molecule has 5 heteroatoms. The molecule has 0 fully saturated rings. The van der Waals surface area contributed by atoms with E-state index in [1.807, 2.05) is 38.1 Å². The van der Waals surface area contributed by atoms with E-state index in [1.54, 1.807) is 12.1 Å². The van der Waals surface area contributed by atoms with Crippen molar-refractivity contribution in [1.82, 2.24) is 0 Å². The highest BCUT2D eigenvalue weighted by atomic mass is 16.5. The molecule has 5 nitrogen and oxygen atoms in total. The maximum absolute atomic E-state index is 12.4. The van der Waals surface area contributed by atoms with Gasteiger partial charge in [-0.1, -0.05) is 18.2 Å². The molecule has 0 aliphatic heterocycles. The van der Waals surface area contributed by atoms with Crippen molar-refractivity contribution >= 4 is 11.9 Å². The number of phenols is 1. The van der Waals surface area contributed by atoms with Crippen molar-refractivity contribution in [3.05, 3.63) is 53.6 Å². The molecule has 132 valence electrons. The lowest BCUT2D eigenvalue weighted by Crippen LogP contribution is -2.05. The van der Waals surface area contributed by atoms with Gasteiger partial charge in [0.1, 0.15) is 28.6 Å². The number of aromatic hydroxyl groups is 1. The number of carbonyl (C=O) groups is 1. The minimum Gasteiger partial charge on any atom is -0.507 e. The molecule has 0 amide bonds. The van der Waals surface area contributed by atoms with Crippen LogP contribution in [0.25, 0.3) is 6.08 Å². The van der Waals surface area contributed by atoms with Gasteiger partial charge in [-0.25, -0.2) is 0 Å². The summed E-state index contributed by atoms with van der Waals surface area (Å²) in [6.07, 6.45) is 3.17. The second-order valence-electron chi connectivity index (χ2n) is 5.66. The molecule has 1 N–H and O–H groups in total. The average molecular weight is 342 g/mol. The number of hydrogen-bond donors (Lipinski definition) is 1. The number of carbonyl (C=O) groups excluding carboxylic acids is 1. The van der Waals surface area contributed by atoms with E-state index in [1.165, 1.54) is 26.4 Å². The maximum Gasteiger partial charge on any atom is 0.193 e. The first kappa shape index (κ1) is 18.4. The zero-order valence-corrected chi connectivity index (χ0v) is 14.8. The maximum atomic E-state index is 12.4. The Morgan fingerprint density at radius 1 is 1.04 bits per heavy atom. The van der Waals surface area contributed by atoms with E-state index in [-0.39, 0.29) is 28.9 Å². The molecule has 0 bridgehead atoms. The van der Waals surface area contributed by atoms with Gasteiger partial charge >= 0.3 is 0 Å². The number of ketones is 1. The summed E-state index contributed by atoms with van der Waals surface area (Å²) in [4.78, 5) is 12.4. The summed E-state index contributed by atoms with van der Waals surface area (Å²) < 4.78 is 15.8. The highest BCUT2D eigenvalue weighted by molar-refractivity contribution is 6.10. The first-order valence-electron chi connectivity index (χ1n) is 7.88. The van der Waals surface area contributed by atoms with Gasteiger partial charge in [-0.15, -0.1) is 0 Å². The SMILES string of the molecule is COc1cc(O)c(C(=O)C=Cc2ccc(OC(C)C)cc2)c(OC)c1. The zero-order valence-electron chi connectivity index (χ0n) is 14.8. The van der Waals surface area contributed by atoms with Crippen LogP contribution in [0.4, 0.5) is 0 Å². The summed E-state index contributed by atoms with van der Waals surface area (Å²) in [7, 11) is 2.91. The fourth-order valence-electron chi connectivity index (χ4n) is 2.29. The third kappa shape index (κ3) is 4.76. The molecule has 25 heavy (non-hydrogen) atoms. The van der Waals surface area contributed by atoms with Crippen molar-refractivity contribution < 1.29 is 24.1 Å². The zero-order chi connectivity index (χ0) is 18.4. The Labute approximate surface area is 147 Å². The third-order valence-corrected chi connectivity index (χ3v) is 3.44. The summed E-state index contributed by atoms with van der Waals surface area (Å²) in [5, 5.41) is 10.1. The predicted molar refractivity (Wildman–Crippen MR) is 96.8 cm³/mol. The Hall–Kier alpha value is -2.95. The van der Waals surface area contributed by atoms with Crippen LogP contribution in [0.1, 0.15) is 29.8 Å². The van der Waals surface area contributed by atoms with Gasteiger partial charge in [-0.05, 0) is 37.6 Å². The molecular weight excluding hydrogens is 320 g/mol. The summed E-state index contributed by atoms with van der Waals surface area (Å²) in [5.74, 6) is 0.891. The van der Waals surface area contributed by atoms with Crippen LogP contribution in [0, 0.1) is 0 Å². The number of allylic oxidation sites excluding steroid dienone is 1. The number of rotatable bonds is 7. The molecule has 0 aromatic heterocycles. The van der Waals surface area contributed by atoms with Gasteiger partial charge in [-0.2, -0.15) is 0 Å². The standard InChI is InChI=1S/C20H22O5/c1-13(2)25-15-8-5-14(6-9-15)7-10-17(21)20-18(22)11-16(23-3)12-19(20)24-4/h5-13,22H,1-4H3. The van der Waals surface area contributed by atoms with Gasteiger partial charge in [-0.3, -0.25) is 4.79 Å². The Bertz CT molecular complexity index is 760. The van der Waals surface area contributed by atoms with E-state index < -0.39 is 0 Å². The summed E-state index contributed by atoms with van der Waals surface area (Å²) in [6.45, 7) is 3.92. The van der Waals surface area contributed by atoms with Crippen LogP contribution in [0.2, 0.25) is 0 Å². The molecule has 0 unspecified atom stereocenters. The van der Waals surface area contributed by atoms with Crippen LogP contribution in [0.5, 0.6) is 23.0 Å². The Morgan fingerprint density at radius 3 is 2.28 bits per heavy atom. The van der Waals surface area contributed by atoms with E-state index >= 15 is 0 Å². The normalized spacial score (nSPS) is 10.9. The largest absolute Gasteiger partial charge is 0.507 e. The van der Waals surface area contributed by atoms with Gasteiger partial charge in [0.25, 0.3) is 0 Å². The number of benzene rings is 2. The fraction of sp³-hybridized carbons (Fsp3) is 0.250. The monoisotopic (exact) mass is 342 g/mol. The van der Waals surface area contributed by atoms with Crippen LogP contribution < -0.4 is 14.2 Å². The van der Waals surface area contributed by atoms with Gasteiger partial charge < -0.3 is 19.3 Å². The topological polar surface area (TPSA) is 65.0 Å². The lowest BCUT2D eigenvalue weighted by atomic mass is 10.1. The molecule has 2 rings (SSSR count). The molecule has 0 aliphatic rings. The molecular formula is C20H22O5. The number of phenolic OH excluding ortho intramolecular Hbond substituents is 1. The van der Waals surface area contributed by atoms with Crippen molar-refractivity contribution in [3.63, 3.8) is 0 Å². The van der Waals surface area contributed by atoms with Crippen LogP contribution in [0.15, 0.2) is 42.5 Å². The van der Waals surface area contributed by atoms with E-state index in [0.717, 1.165) is 11.3 Å². The van der Waals surface area contributed by atoms with E-state index in [2.05, 4.69) is 0 Å². The molecule has 0 saturated heterocycles. The minimum absolute atomic E-state index is 0.0966. The molecule has 0 aliphatic carbocycles. The lowest BCUT2D eigenvalue weighted by molar-refractivity contribution is 0.104. The van der Waals surface area contributed by atoms with Gasteiger partial charge in [0, 0.05) is 12.1 Å². The van der Waals surface area contributed by atoms with Crippen molar-refractivity contribution in [2.45, 2.75) is 20.0 Å². The second-order valence-corrected chi connectivity index (χ2v) is 5.66. The molecule has 0 heterocycles. The molecule has 0 atom stereocenters. The Kier molecular flexibility index (Phi) is 6.06. The molecule has 2 aromatic carbocycles. The average Bonchev–Trinajstić information content (AvgIpc) is 2.59. The number of methoxy groups -OCH3 is 2. The first-order chi connectivity index (χ1) is 11.9. The Balaban J connectivity index is 2.20. The summed E-state index contributed by atoms with van der Waals surface area (Å²) in [6, 6.07) is 10.3. The molecule has 2 aromatic rings. The van der Waals surface area contributed by atoms with Crippen LogP contribution >= 0.6 is 0 Å².